The van der Waals surface area contributed by atoms with E-state index in [-0.39, 0.29) is 11.0 Å². The van der Waals surface area contributed by atoms with Gasteiger partial charge in [0.2, 0.25) is 0 Å². The van der Waals surface area contributed by atoms with Crippen LogP contribution in [0.3, 0.4) is 0 Å². The molecule has 3 nitrogen and oxygen atoms in total. The Morgan fingerprint density at radius 3 is 1.84 bits per heavy atom. The summed E-state index contributed by atoms with van der Waals surface area (Å²) in [6.45, 7) is 6.83. The second-order valence-electron chi connectivity index (χ2n) is 9.82. The van der Waals surface area contributed by atoms with Crippen molar-refractivity contribution in [1.82, 2.24) is 0 Å². The molecule has 4 aromatic carbocycles. The first-order valence-electron chi connectivity index (χ1n) is 12.1. The first kappa shape index (κ1) is 27.2. The van der Waals surface area contributed by atoms with E-state index < -0.39 is 8.32 Å². The molecule has 4 rings (SSSR count). The van der Waals surface area contributed by atoms with Crippen LogP contribution < -0.4 is 14.8 Å². The number of esters is 1. The molecule has 0 radical (unpaired) electrons. The molecular formula is C31H31BrO3SSi. The van der Waals surface area contributed by atoms with Gasteiger partial charge in [0, 0.05) is 14.9 Å². The molecule has 0 amide bonds. The predicted molar refractivity (Wildman–Crippen MR) is 161 cm³/mol. The maximum atomic E-state index is 12.1. The summed E-state index contributed by atoms with van der Waals surface area (Å²) >= 11 is 5.28. The van der Waals surface area contributed by atoms with Gasteiger partial charge in [0.15, 0.2) is 0 Å². The van der Waals surface area contributed by atoms with Crippen LogP contribution in [-0.4, -0.2) is 27.7 Å². The standard InChI is InChI=1S/C31H31BrO3SSi/c1-31(2,3)37(25-12-8-6-9-13-25,26-14-10-7-11-15-26)35-24-18-16-22(17-19-24)29-27(32)20-23(30(33)34-4)21-28(29)36-5/h6-21H,1-5H3. The highest BCUT2D eigenvalue weighted by Gasteiger charge is 2.52. The van der Waals surface area contributed by atoms with E-state index in [0.29, 0.717) is 5.56 Å². The molecule has 0 aromatic heterocycles. The van der Waals surface area contributed by atoms with E-state index in [1.165, 1.54) is 17.5 Å². The van der Waals surface area contributed by atoms with Gasteiger partial charge < -0.3 is 9.16 Å². The Morgan fingerprint density at radius 1 is 0.838 bits per heavy atom. The monoisotopic (exact) mass is 590 g/mol. The molecule has 0 aliphatic carbocycles. The summed E-state index contributed by atoms with van der Waals surface area (Å²) in [6, 6.07) is 33.3. The fraction of sp³-hybridized carbons (Fsp3) is 0.194. The molecule has 0 unspecified atom stereocenters. The van der Waals surface area contributed by atoms with Gasteiger partial charge in [-0.1, -0.05) is 109 Å². The van der Waals surface area contributed by atoms with Gasteiger partial charge in [-0.2, -0.15) is 0 Å². The molecule has 0 N–H and O–H groups in total. The molecule has 0 heterocycles. The van der Waals surface area contributed by atoms with Gasteiger partial charge in [-0.05, 0) is 51.5 Å². The molecule has 0 saturated carbocycles. The highest BCUT2D eigenvalue weighted by Crippen LogP contribution is 2.40. The Labute approximate surface area is 233 Å². The summed E-state index contributed by atoms with van der Waals surface area (Å²) in [5.74, 6) is 0.489. The van der Waals surface area contributed by atoms with Crippen molar-refractivity contribution in [3.8, 4) is 16.9 Å². The zero-order valence-electron chi connectivity index (χ0n) is 21.7. The van der Waals surface area contributed by atoms with Crippen LogP contribution in [0.5, 0.6) is 5.75 Å². The van der Waals surface area contributed by atoms with Gasteiger partial charge in [-0.3, -0.25) is 0 Å². The largest absolute Gasteiger partial charge is 0.534 e. The Bertz CT molecular complexity index is 1330. The first-order valence-corrected chi connectivity index (χ1v) is 16.0. The second kappa shape index (κ2) is 11.3. The van der Waals surface area contributed by atoms with Crippen molar-refractivity contribution in [2.75, 3.05) is 13.4 Å². The maximum Gasteiger partial charge on any atom is 0.337 e. The number of carbonyl (C=O) groups is 1. The van der Waals surface area contributed by atoms with E-state index in [0.717, 1.165) is 26.2 Å². The van der Waals surface area contributed by atoms with Gasteiger partial charge in [-0.25, -0.2) is 4.79 Å². The molecule has 0 bridgehead atoms. The Kier molecular flexibility index (Phi) is 8.31. The van der Waals surface area contributed by atoms with Crippen LogP contribution in [0.25, 0.3) is 11.1 Å². The van der Waals surface area contributed by atoms with Crippen LogP contribution in [0.2, 0.25) is 5.04 Å². The fourth-order valence-electron chi connectivity index (χ4n) is 4.77. The van der Waals surface area contributed by atoms with Crippen molar-refractivity contribution < 1.29 is 14.0 Å². The number of benzene rings is 4. The SMILES string of the molecule is COC(=O)c1cc(Br)c(-c2ccc(O[Si](c3ccccc3)(c3ccccc3)C(C)(C)C)cc2)c(SC)c1. The zero-order valence-corrected chi connectivity index (χ0v) is 25.2. The quantitative estimate of drug-likeness (QED) is 0.126. The highest BCUT2D eigenvalue weighted by molar-refractivity contribution is 9.10. The number of rotatable bonds is 7. The van der Waals surface area contributed by atoms with Crippen LogP contribution in [-0.2, 0) is 4.74 Å². The Hall–Kier alpha value is -2.80. The lowest BCUT2D eigenvalue weighted by Gasteiger charge is -2.43. The molecule has 0 aliphatic rings. The lowest BCUT2D eigenvalue weighted by molar-refractivity contribution is 0.0600. The lowest BCUT2D eigenvalue weighted by Crippen LogP contribution is -2.68. The van der Waals surface area contributed by atoms with Crippen LogP contribution in [0.15, 0.2) is 106 Å². The number of carbonyl (C=O) groups excluding carboxylic acids is 1. The lowest BCUT2D eigenvalue weighted by atomic mass is 10.0. The average molecular weight is 592 g/mol. The Morgan fingerprint density at radius 2 is 1.38 bits per heavy atom. The van der Waals surface area contributed by atoms with Crippen LogP contribution in [0.1, 0.15) is 31.1 Å². The van der Waals surface area contributed by atoms with E-state index in [1.54, 1.807) is 11.8 Å². The molecule has 0 aliphatic heterocycles. The fourth-order valence-corrected chi connectivity index (χ4v) is 10.7. The Balaban J connectivity index is 1.79. The number of thioether (sulfide) groups is 1. The number of hydrogen-bond acceptors (Lipinski definition) is 4. The van der Waals surface area contributed by atoms with E-state index >= 15 is 0 Å². The van der Waals surface area contributed by atoms with Gasteiger partial charge >= 0.3 is 14.3 Å². The third-order valence-corrected chi connectivity index (χ3v) is 12.9. The summed E-state index contributed by atoms with van der Waals surface area (Å²) in [4.78, 5) is 13.1. The van der Waals surface area contributed by atoms with Crippen molar-refractivity contribution in [3.63, 3.8) is 0 Å². The summed E-state index contributed by atoms with van der Waals surface area (Å²) in [5, 5.41) is 2.36. The zero-order chi connectivity index (χ0) is 26.6. The number of ether oxygens (including phenoxy) is 1. The molecule has 6 heteroatoms. The van der Waals surface area contributed by atoms with E-state index in [4.69, 9.17) is 9.16 Å². The topological polar surface area (TPSA) is 35.5 Å². The summed E-state index contributed by atoms with van der Waals surface area (Å²) in [6.07, 6.45) is 2.01. The maximum absolute atomic E-state index is 12.1. The van der Waals surface area contributed by atoms with Crippen molar-refractivity contribution in [2.24, 2.45) is 0 Å². The van der Waals surface area contributed by atoms with E-state index in [9.17, 15) is 4.79 Å². The van der Waals surface area contributed by atoms with Gasteiger partial charge in [0.05, 0.1) is 12.7 Å². The minimum atomic E-state index is -2.70. The average Bonchev–Trinajstić information content (AvgIpc) is 2.91. The predicted octanol–water partition coefficient (Wildman–Crippen LogP) is 7.56. The van der Waals surface area contributed by atoms with Crippen molar-refractivity contribution in [2.45, 2.75) is 30.7 Å². The van der Waals surface area contributed by atoms with Crippen LogP contribution in [0, 0.1) is 0 Å². The summed E-state index contributed by atoms with van der Waals surface area (Å²) < 4.78 is 12.9. The van der Waals surface area contributed by atoms with Crippen molar-refractivity contribution in [3.05, 3.63) is 107 Å². The normalized spacial score (nSPS) is 11.7. The van der Waals surface area contributed by atoms with Gasteiger partial charge in [0.25, 0.3) is 0 Å². The summed E-state index contributed by atoms with van der Waals surface area (Å²) in [5.41, 5.74) is 2.61. The van der Waals surface area contributed by atoms with E-state index in [2.05, 4.69) is 122 Å². The van der Waals surface area contributed by atoms with E-state index in [1.807, 2.05) is 18.4 Å². The number of halogens is 1. The molecule has 4 aromatic rings. The third-order valence-electron chi connectivity index (χ3n) is 6.53. The van der Waals surface area contributed by atoms with Crippen molar-refractivity contribution >= 4 is 52.4 Å². The molecule has 37 heavy (non-hydrogen) atoms. The van der Waals surface area contributed by atoms with Gasteiger partial charge in [0.1, 0.15) is 5.75 Å². The number of methoxy groups -OCH3 is 1. The summed E-state index contributed by atoms with van der Waals surface area (Å²) in [7, 11) is -1.31. The molecule has 0 atom stereocenters. The molecule has 0 spiro atoms. The minimum absolute atomic E-state index is 0.118. The minimum Gasteiger partial charge on any atom is -0.534 e. The smallest absolute Gasteiger partial charge is 0.337 e. The van der Waals surface area contributed by atoms with Gasteiger partial charge in [-0.15, -0.1) is 11.8 Å². The molecule has 0 fully saturated rings. The second-order valence-corrected chi connectivity index (χ2v) is 15.7. The highest BCUT2D eigenvalue weighted by atomic mass is 79.9. The number of hydrogen-bond donors (Lipinski definition) is 0. The molecular weight excluding hydrogens is 560 g/mol. The molecule has 190 valence electrons. The first-order chi connectivity index (χ1) is 17.7. The van der Waals surface area contributed by atoms with Crippen LogP contribution >= 0.6 is 27.7 Å². The van der Waals surface area contributed by atoms with Crippen molar-refractivity contribution in [1.29, 1.82) is 0 Å². The third kappa shape index (κ3) is 5.42. The molecule has 0 saturated heterocycles. The van der Waals surface area contributed by atoms with Crippen LogP contribution in [0.4, 0.5) is 0 Å².